The average molecular weight is 291 g/mol. The summed E-state index contributed by atoms with van der Waals surface area (Å²) in [6.07, 6.45) is 0. The lowest BCUT2D eigenvalue weighted by Crippen LogP contribution is -2.13. The van der Waals surface area contributed by atoms with Crippen molar-refractivity contribution in [2.75, 3.05) is 13.3 Å². The van der Waals surface area contributed by atoms with Gasteiger partial charge in [0.2, 0.25) is 0 Å². The van der Waals surface area contributed by atoms with Crippen LogP contribution in [-0.4, -0.2) is 13.3 Å². The van der Waals surface area contributed by atoms with Crippen LogP contribution in [0.25, 0.3) is 0 Å². The van der Waals surface area contributed by atoms with E-state index in [2.05, 4.69) is 18.8 Å². The average Bonchev–Trinajstić information content (AvgIpc) is 2.48. The molecule has 2 N–H and O–H groups in total. The molecule has 0 heterocycles. The molecule has 2 rings (SSSR count). The molecule has 0 saturated carbocycles. The maximum Gasteiger partial charge on any atom is 0.123 e. The van der Waals surface area contributed by atoms with Crippen LogP contribution >= 0.6 is 8.15 Å². The molecule has 0 amide bonds. The molecule has 2 aromatic carbocycles. The van der Waals surface area contributed by atoms with E-state index in [0.29, 0.717) is 0 Å². The van der Waals surface area contributed by atoms with Crippen LogP contribution < -0.4 is 11.0 Å². The van der Waals surface area contributed by atoms with E-state index in [9.17, 15) is 4.39 Å². The summed E-state index contributed by atoms with van der Waals surface area (Å²) in [6, 6.07) is 14.2. The summed E-state index contributed by atoms with van der Waals surface area (Å²) in [5.41, 5.74) is 8.12. The first-order valence-electron chi connectivity index (χ1n) is 6.59. The van der Waals surface area contributed by atoms with Crippen LogP contribution in [0.5, 0.6) is 0 Å². The van der Waals surface area contributed by atoms with Gasteiger partial charge in [0.05, 0.1) is 14.2 Å². The first kappa shape index (κ1) is 15.1. The number of hydrogen-bond acceptors (Lipinski definition) is 2. The summed E-state index contributed by atoms with van der Waals surface area (Å²) in [7, 11) is -0.556. The molecule has 2 unspecified atom stereocenters. The van der Waals surface area contributed by atoms with Gasteiger partial charge >= 0.3 is 0 Å². The third-order valence-corrected chi connectivity index (χ3v) is 4.84. The van der Waals surface area contributed by atoms with Crippen molar-refractivity contribution in [3.05, 3.63) is 65.5 Å². The van der Waals surface area contributed by atoms with Gasteiger partial charge in [-0.25, -0.2) is 4.39 Å². The van der Waals surface area contributed by atoms with Crippen LogP contribution in [0, 0.1) is 5.82 Å². The normalized spacial score (nSPS) is 14.0. The first-order chi connectivity index (χ1) is 9.61. The summed E-state index contributed by atoms with van der Waals surface area (Å²) in [4.78, 5) is 0. The lowest BCUT2D eigenvalue weighted by atomic mass is 10.00. The SMILES string of the molecule is CCOP(C)c1ccc(C(N)c2ccc(F)cc2)cc1. The van der Waals surface area contributed by atoms with Gasteiger partial charge in [0, 0.05) is 11.9 Å². The molecule has 2 atom stereocenters. The smallest absolute Gasteiger partial charge is 0.123 e. The number of nitrogens with two attached hydrogens (primary N) is 1. The minimum Gasteiger partial charge on any atom is -0.355 e. The molecule has 0 aliphatic rings. The number of rotatable bonds is 5. The van der Waals surface area contributed by atoms with Crippen molar-refractivity contribution >= 4 is 13.5 Å². The van der Waals surface area contributed by atoms with Crippen molar-refractivity contribution in [3.63, 3.8) is 0 Å². The van der Waals surface area contributed by atoms with Gasteiger partial charge in [0.25, 0.3) is 0 Å². The van der Waals surface area contributed by atoms with Crippen molar-refractivity contribution in [2.24, 2.45) is 5.73 Å². The van der Waals surface area contributed by atoms with Gasteiger partial charge in [-0.15, -0.1) is 0 Å². The van der Waals surface area contributed by atoms with Crippen molar-refractivity contribution in [1.29, 1.82) is 0 Å². The van der Waals surface area contributed by atoms with E-state index in [0.717, 1.165) is 17.7 Å². The Morgan fingerprint density at radius 3 is 2.05 bits per heavy atom. The van der Waals surface area contributed by atoms with Crippen LogP contribution in [0.1, 0.15) is 24.1 Å². The molecule has 0 aliphatic carbocycles. The lowest BCUT2D eigenvalue weighted by molar-refractivity contribution is 0.386. The third-order valence-electron chi connectivity index (χ3n) is 3.17. The summed E-state index contributed by atoms with van der Waals surface area (Å²) in [6.45, 7) is 4.81. The van der Waals surface area contributed by atoms with E-state index >= 15 is 0 Å². The molecule has 0 radical (unpaired) electrons. The molecule has 20 heavy (non-hydrogen) atoms. The summed E-state index contributed by atoms with van der Waals surface area (Å²) >= 11 is 0. The first-order valence-corrected chi connectivity index (χ1v) is 8.30. The maximum atomic E-state index is 12.9. The van der Waals surface area contributed by atoms with E-state index in [-0.39, 0.29) is 11.9 Å². The summed E-state index contributed by atoms with van der Waals surface area (Å²) in [5, 5.41) is 1.19. The van der Waals surface area contributed by atoms with Crippen LogP contribution in [0.4, 0.5) is 4.39 Å². The van der Waals surface area contributed by atoms with Crippen molar-refractivity contribution in [3.8, 4) is 0 Å². The second-order valence-corrected chi connectivity index (χ2v) is 6.31. The van der Waals surface area contributed by atoms with E-state index in [1.807, 2.05) is 19.1 Å². The Labute approximate surface area is 120 Å². The molecule has 0 aromatic heterocycles. The van der Waals surface area contributed by atoms with E-state index in [4.69, 9.17) is 10.3 Å². The fourth-order valence-electron chi connectivity index (χ4n) is 2.02. The maximum absolute atomic E-state index is 12.9. The minimum absolute atomic E-state index is 0.236. The molecular weight excluding hydrogens is 272 g/mol. The lowest BCUT2D eigenvalue weighted by Gasteiger charge is -2.15. The topological polar surface area (TPSA) is 35.2 Å². The Balaban J connectivity index is 2.15. The predicted octanol–water partition coefficient (Wildman–Crippen LogP) is 3.56. The van der Waals surface area contributed by atoms with Crippen molar-refractivity contribution < 1.29 is 8.91 Å². The van der Waals surface area contributed by atoms with Crippen LogP contribution in [0.15, 0.2) is 48.5 Å². The Morgan fingerprint density at radius 2 is 1.55 bits per heavy atom. The molecular formula is C16H19FNOP. The van der Waals surface area contributed by atoms with E-state index in [1.54, 1.807) is 12.1 Å². The highest BCUT2D eigenvalue weighted by Crippen LogP contribution is 2.31. The van der Waals surface area contributed by atoms with Crippen LogP contribution in [0.3, 0.4) is 0 Å². The highest BCUT2D eigenvalue weighted by molar-refractivity contribution is 7.60. The molecule has 2 aromatic rings. The Bertz CT molecular complexity index is 541. The molecule has 0 bridgehead atoms. The van der Waals surface area contributed by atoms with E-state index in [1.165, 1.54) is 17.4 Å². The number of hydrogen-bond donors (Lipinski definition) is 1. The van der Waals surface area contributed by atoms with Crippen molar-refractivity contribution in [2.45, 2.75) is 13.0 Å². The molecule has 0 aliphatic heterocycles. The zero-order valence-corrected chi connectivity index (χ0v) is 12.6. The van der Waals surface area contributed by atoms with Crippen LogP contribution in [0.2, 0.25) is 0 Å². The van der Waals surface area contributed by atoms with Gasteiger partial charge in [0.15, 0.2) is 0 Å². The van der Waals surface area contributed by atoms with Gasteiger partial charge < -0.3 is 10.3 Å². The number of halogens is 1. The molecule has 4 heteroatoms. The zero-order chi connectivity index (χ0) is 14.5. The highest BCUT2D eigenvalue weighted by Gasteiger charge is 2.10. The fraction of sp³-hybridized carbons (Fsp3) is 0.250. The summed E-state index contributed by atoms with van der Waals surface area (Å²) < 4.78 is 18.5. The largest absolute Gasteiger partial charge is 0.355 e. The molecule has 0 saturated heterocycles. The second kappa shape index (κ2) is 6.94. The molecule has 0 fully saturated rings. The zero-order valence-electron chi connectivity index (χ0n) is 11.7. The van der Waals surface area contributed by atoms with Gasteiger partial charge in [-0.2, -0.15) is 0 Å². The Hall–Kier alpha value is -1.28. The third kappa shape index (κ3) is 3.63. The van der Waals surface area contributed by atoms with Gasteiger partial charge in [-0.3, -0.25) is 0 Å². The van der Waals surface area contributed by atoms with Gasteiger partial charge in [0.1, 0.15) is 5.82 Å². The molecule has 2 nitrogen and oxygen atoms in total. The second-order valence-electron chi connectivity index (χ2n) is 4.54. The summed E-state index contributed by atoms with van der Waals surface area (Å²) in [5.74, 6) is -0.246. The highest BCUT2D eigenvalue weighted by atomic mass is 31.1. The molecule has 106 valence electrons. The minimum atomic E-state index is -0.556. The van der Waals surface area contributed by atoms with Crippen LogP contribution in [-0.2, 0) is 4.52 Å². The van der Waals surface area contributed by atoms with Gasteiger partial charge in [-0.05, 0) is 36.8 Å². The molecule has 0 spiro atoms. The fourth-order valence-corrected chi connectivity index (χ4v) is 3.13. The van der Waals surface area contributed by atoms with Gasteiger partial charge in [-0.1, -0.05) is 36.4 Å². The Kier molecular flexibility index (Phi) is 5.24. The van der Waals surface area contributed by atoms with Crippen molar-refractivity contribution in [1.82, 2.24) is 0 Å². The van der Waals surface area contributed by atoms with E-state index < -0.39 is 8.15 Å². The Morgan fingerprint density at radius 1 is 1.05 bits per heavy atom. The predicted molar refractivity (Wildman–Crippen MR) is 83.0 cm³/mol. The number of benzene rings is 2. The monoisotopic (exact) mass is 291 g/mol. The quantitative estimate of drug-likeness (QED) is 0.855. The standard InChI is InChI=1S/C16H19FNOP/c1-3-19-20(2)15-10-6-13(7-11-15)16(18)12-4-8-14(17)9-5-12/h4-11,16H,3,18H2,1-2H3.